The van der Waals surface area contributed by atoms with E-state index in [4.69, 9.17) is 4.52 Å². The molecule has 1 atom stereocenters. The van der Waals surface area contributed by atoms with Gasteiger partial charge in [0.2, 0.25) is 5.91 Å². The molecule has 2 N–H and O–H groups in total. The Hall–Kier alpha value is -1.85. The predicted molar refractivity (Wildman–Crippen MR) is 75.8 cm³/mol. The molecule has 1 saturated carbocycles. The minimum atomic E-state index is -1.08. The van der Waals surface area contributed by atoms with E-state index in [0.29, 0.717) is 25.0 Å². The Labute approximate surface area is 123 Å². The monoisotopic (exact) mass is 294 g/mol. The molecule has 6 nitrogen and oxygen atoms in total. The number of rotatable bonds is 5. The number of carbonyl (C=O) groups is 2. The van der Waals surface area contributed by atoms with Gasteiger partial charge in [0.15, 0.2) is 0 Å². The molecule has 1 unspecified atom stereocenters. The van der Waals surface area contributed by atoms with Gasteiger partial charge >= 0.3 is 5.97 Å². The van der Waals surface area contributed by atoms with Gasteiger partial charge in [0.05, 0.1) is 5.69 Å². The van der Waals surface area contributed by atoms with Crippen molar-refractivity contribution >= 4 is 11.9 Å². The highest BCUT2D eigenvalue weighted by atomic mass is 16.5. The number of carbonyl (C=O) groups excluding carboxylic acids is 1. The molecule has 1 aliphatic rings. The lowest BCUT2D eigenvalue weighted by atomic mass is 9.94. The van der Waals surface area contributed by atoms with E-state index in [1.54, 1.807) is 6.92 Å². The Balaban J connectivity index is 2.04. The molecule has 0 bridgehead atoms. The molecule has 0 aromatic carbocycles. The molecule has 1 aromatic rings. The maximum absolute atomic E-state index is 12.3. The fourth-order valence-electron chi connectivity index (χ4n) is 2.92. The highest BCUT2D eigenvalue weighted by Gasteiger charge is 2.43. The number of aromatic nitrogens is 1. The molecule has 1 aromatic heterocycles. The van der Waals surface area contributed by atoms with Crippen LogP contribution < -0.4 is 5.32 Å². The maximum Gasteiger partial charge on any atom is 0.329 e. The van der Waals surface area contributed by atoms with E-state index in [2.05, 4.69) is 10.5 Å². The molecule has 0 radical (unpaired) electrons. The summed E-state index contributed by atoms with van der Waals surface area (Å²) < 4.78 is 5.09. The maximum atomic E-state index is 12.3. The van der Waals surface area contributed by atoms with Crippen LogP contribution in [0.4, 0.5) is 0 Å². The van der Waals surface area contributed by atoms with Crippen molar-refractivity contribution in [3.8, 4) is 0 Å². The van der Waals surface area contributed by atoms with Gasteiger partial charge in [0.1, 0.15) is 11.3 Å². The lowest BCUT2D eigenvalue weighted by Crippen LogP contribution is -2.54. The lowest BCUT2D eigenvalue weighted by Gasteiger charge is -2.27. The first-order chi connectivity index (χ1) is 9.85. The van der Waals surface area contributed by atoms with E-state index >= 15 is 0 Å². The number of hydrogen-bond acceptors (Lipinski definition) is 4. The van der Waals surface area contributed by atoms with Crippen LogP contribution in [0.25, 0.3) is 0 Å². The number of hydrogen-bond donors (Lipinski definition) is 2. The summed E-state index contributed by atoms with van der Waals surface area (Å²) in [4.78, 5) is 23.8. The lowest BCUT2D eigenvalue weighted by molar-refractivity contribution is -0.148. The molecule has 0 spiro atoms. The summed E-state index contributed by atoms with van der Waals surface area (Å²) in [5.74, 6) is -0.767. The van der Waals surface area contributed by atoms with E-state index in [0.717, 1.165) is 24.1 Å². The highest BCUT2D eigenvalue weighted by Crippen LogP contribution is 2.30. The molecule has 21 heavy (non-hydrogen) atoms. The normalized spacial score (nSPS) is 18.4. The average Bonchev–Trinajstić information content (AvgIpc) is 3.01. The van der Waals surface area contributed by atoms with Gasteiger partial charge in [-0.05, 0) is 33.1 Å². The smallest absolute Gasteiger partial charge is 0.329 e. The largest absolute Gasteiger partial charge is 0.480 e. The molecular weight excluding hydrogens is 272 g/mol. The second-order valence-electron chi connectivity index (χ2n) is 5.99. The third kappa shape index (κ3) is 3.09. The SMILES string of the molecule is Cc1noc(C)c1CC(C)C(=O)NC1(C(=O)O)CCCC1. The van der Waals surface area contributed by atoms with Crippen LogP contribution in [0.1, 0.15) is 49.6 Å². The number of aliphatic carboxylic acids is 1. The Morgan fingerprint density at radius 1 is 1.38 bits per heavy atom. The number of carboxylic acid groups (broad SMARTS) is 1. The van der Waals surface area contributed by atoms with Crippen molar-refractivity contribution in [2.75, 3.05) is 0 Å². The van der Waals surface area contributed by atoms with Gasteiger partial charge in [0.25, 0.3) is 0 Å². The molecule has 1 aliphatic carbocycles. The van der Waals surface area contributed by atoms with Crippen molar-refractivity contribution in [2.24, 2.45) is 5.92 Å². The average molecular weight is 294 g/mol. The van der Waals surface area contributed by atoms with Gasteiger partial charge < -0.3 is 14.9 Å². The third-order valence-electron chi connectivity index (χ3n) is 4.37. The first-order valence-electron chi connectivity index (χ1n) is 7.33. The number of nitrogens with one attached hydrogen (secondary N) is 1. The number of amides is 1. The molecule has 1 heterocycles. The van der Waals surface area contributed by atoms with Gasteiger partial charge in [-0.2, -0.15) is 0 Å². The van der Waals surface area contributed by atoms with E-state index in [1.165, 1.54) is 0 Å². The summed E-state index contributed by atoms with van der Waals surface area (Å²) in [7, 11) is 0. The van der Waals surface area contributed by atoms with Gasteiger partial charge in [-0.25, -0.2) is 4.79 Å². The first kappa shape index (κ1) is 15.5. The van der Waals surface area contributed by atoms with E-state index in [-0.39, 0.29) is 11.8 Å². The van der Waals surface area contributed by atoms with Crippen LogP contribution in [-0.4, -0.2) is 27.7 Å². The highest BCUT2D eigenvalue weighted by molar-refractivity contribution is 5.88. The van der Waals surface area contributed by atoms with Crippen LogP contribution in [0, 0.1) is 19.8 Å². The van der Waals surface area contributed by atoms with Crippen LogP contribution in [0.2, 0.25) is 0 Å². The molecule has 6 heteroatoms. The topological polar surface area (TPSA) is 92.4 Å². The summed E-state index contributed by atoms with van der Waals surface area (Å²) in [6, 6.07) is 0. The standard InChI is InChI=1S/C15H22N2O4/c1-9(8-12-10(2)17-21-11(12)3)13(18)16-15(14(19)20)6-4-5-7-15/h9H,4-8H2,1-3H3,(H,16,18)(H,19,20). The van der Waals surface area contributed by atoms with Gasteiger partial charge in [-0.3, -0.25) is 4.79 Å². The van der Waals surface area contributed by atoms with Gasteiger partial charge in [-0.1, -0.05) is 24.9 Å². The van der Waals surface area contributed by atoms with E-state index in [9.17, 15) is 14.7 Å². The summed E-state index contributed by atoms with van der Waals surface area (Å²) in [6.07, 6.45) is 3.19. The minimum Gasteiger partial charge on any atom is -0.480 e. The van der Waals surface area contributed by atoms with Crippen LogP contribution in [-0.2, 0) is 16.0 Å². The van der Waals surface area contributed by atoms with Crippen molar-refractivity contribution in [1.82, 2.24) is 10.5 Å². The molecule has 0 saturated heterocycles. The van der Waals surface area contributed by atoms with E-state index in [1.807, 2.05) is 13.8 Å². The van der Waals surface area contributed by atoms with Crippen LogP contribution >= 0.6 is 0 Å². The van der Waals surface area contributed by atoms with Crippen molar-refractivity contribution in [1.29, 1.82) is 0 Å². The zero-order chi connectivity index (χ0) is 15.6. The predicted octanol–water partition coefficient (Wildman–Crippen LogP) is 1.98. The van der Waals surface area contributed by atoms with Gasteiger partial charge in [-0.15, -0.1) is 0 Å². The molecule has 1 amide bonds. The molecule has 0 aliphatic heterocycles. The second kappa shape index (κ2) is 5.87. The molecule has 2 rings (SSSR count). The summed E-state index contributed by atoms with van der Waals surface area (Å²) in [5.41, 5.74) is 0.624. The zero-order valence-corrected chi connectivity index (χ0v) is 12.7. The van der Waals surface area contributed by atoms with Crippen molar-refractivity contribution in [3.63, 3.8) is 0 Å². The number of carboxylic acids is 1. The zero-order valence-electron chi connectivity index (χ0n) is 12.7. The summed E-state index contributed by atoms with van der Waals surface area (Å²) >= 11 is 0. The molecule has 116 valence electrons. The molecule has 1 fully saturated rings. The Bertz CT molecular complexity index is 524. The minimum absolute atomic E-state index is 0.223. The van der Waals surface area contributed by atoms with E-state index < -0.39 is 11.5 Å². The quantitative estimate of drug-likeness (QED) is 0.866. The third-order valence-corrected chi connectivity index (χ3v) is 4.37. The van der Waals surface area contributed by atoms with Crippen LogP contribution in [0.5, 0.6) is 0 Å². The number of aryl methyl sites for hydroxylation is 2. The summed E-state index contributed by atoms with van der Waals surface area (Å²) in [6.45, 7) is 5.45. The molecular formula is C15H22N2O4. The van der Waals surface area contributed by atoms with Crippen LogP contribution in [0.3, 0.4) is 0 Å². The Kier molecular flexibility index (Phi) is 4.34. The van der Waals surface area contributed by atoms with Crippen molar-refractivity contribution in [3.05, 3.63) is 17.0 Å². The number of nitrogens with zero attached hydrogens (tertiary/aromatic N) is 1. The van der Waals surface area contributed by atoms with Crippen LogP contribution in [0.15, 0.2) is 4.52 Å². The Morgan fingerprint density at radius 3 is 2.48 bits per heavy atom. The fourth-order valence-corrected chi connectivity index (χ4v) is 2.92. The Morgan fingerprint density at radius 2 is 2.00 bits per heavy atom. The van der Waals surface area contributed by atoms with Crippen molar-refractivity contribution in [2.45, 2.75) is 58.4 Å². The van der Waals surface area contributed by atoms with Crippen molar-refractivity contribution < 1.29 is 19.2 Å². The second-order valence-corrected chi connectivity index (χ2v) is 5.99. The summed E-state index contributed by atoms with van der Waals surface area (Å²) in [5, 5.41) is 16.0. The first-order valence-corrected chi connectivity index (χ1v) is 7.33. The van der Waals surface area contributed by atoms with Gasteiger partial charge in [0, 0.05) is 11.5 Å². The fraction of sp³-hybridized carbons (Fsp3) is 0.667.